The molecule has 0 atom stereocenters. The molecule has 114 valence electrons. The maximum Gasteiger partial charge on any atom is 0.263 e. The molecule has 0 spiro atoms. The van der Waals surface area contributed by atoms with Gasteiger partial charge >= 0.3 is 0 Å². The van der Waals surface area contributed by atoms with E-state index < -0.39 is 9.84 Å². The van der Waals surface area contributed by atoms with E-state index in [9.17, 15) is 13.2 Å². The Morgan fingerprint density at radius 1 is 1.40 bits per heavy atom. The summed E-state index contributed by atoms with van der Waals surface area (Å²) in [6.07, 6.45) is 1.09. The fourth-order valence-electron chi connectivity index (χ4n) is 1.62. The average Bonchev–Trinajstić information content (AvgIpc) is 2.63. The van der Waals surface area contributed by atoms with Crippen LogP contribution < -0.4 is 16.4 Å². The molecule has 20 heavy (non-hydrogen) atoms. The van der Waals surface area contributed by atoms with Crippen molar-refractivity contribution >= 4 is 37.8 Å². The zero-order valence-corrected chi connectivity index (χ0v) is 13.7. The van der Waals surface area contributed by atoms with Crippen molar-refractivity contribution in [1.29, 1.82) is 0 Å². The summed E-state index contributed by atoms with van der Waals surface area (Å²) in [5.74, 6) is -0.00356. The molecule has 1 heterocycles. The second-order valence-corrected chi connectivity index (χ2v) is 7.88. The first kappa shape index (κ1) is 16.8. The van der Waals surface area contributed by atoms with Gasteiger partial charge in [0.05, 0.1) is 5.69 Å². The molecule has 0 aliphatic carbocycles. The Morgan fingerprint density at radius 3 is 2.45 bits per heavy atom. The molecule has 0 radical (unpaired) electrons. The number of carbonyl (C=O) groups is 1. The van der Waals surface area contributed by atoms with Crippen LogP contribution in [0.1, 0.15) is 30.4 Å². The lowest BCUT2D eigenvalue weighted by Gasteiger charge is -2.08. The molecule has 8 heteroatoms. The van der Waals surface area contributed by atoms with E-state index in [0.29, 0.717) is 24.0 Å². The number of sulfone groups is 1. The summed E-state index contributed by atoms with van der Waals surface area (Å²) in [6.45, 7) is 6.87. The lowest BCUT2D eigenvalue weighted by atomic mass is 10.2. The molecule has 0 bridgehead atoms. The summed E-state index contributed by atoms with van der Waals surface area (Å²) in [6, 6.07) is 0. The summed E-state index contributed by atoms with van der Waals surface area (Å²) in [5.41, 5.74) is 5.88. The number of hydrogen-bond acceptors (Lipinski definition) is 6. The number of nitrogens with one attached hydrogen (secondary N) is 2. The van der Waals surface area contributed by atoms with E-state index in [0.717, 1.165) is 17.6 Å². The standard InChI is InChI=1S/C12H21N3O3S2/c1-5-14-11(16)9-8(13)10(20(4,17)18)12(19-9)15-6-7(2)3/h7,15H,5-6,13H2,1-4H3,(H,14,16). The fourth-order valence-corrected chi connectivity index (χ4v) is 4.11. The third kappa shape index (κ3) is 3.86. The van der Waals surface area contributed by atoms with Gasteiger partial charge in [-0.2, -0.15) is 0 Å². The van der Waals surface area contributed by atoms with Crippen LogP contribution in [0.25, 0.3) is 0 Å². The molecule has 0 saturated carbocycles. The minimum atomic E-state index is -3.50. The largest absolute Gasteiger partial charge is 0.396 e. The monoisotopic (exact) mass is 319 g/mol. The molecule has 0 saturated heterocycles. The predicted octanol–water partition coefficient (Wildman–Crippen LogP) is 1.55. The number of amides is 1. The fraction of sp³-hybridized carbons (Fsp3) is 0.583. The summed E-state index contributed by atoms with van der Waals surface area (Å²) >= 11 is 1.08. The zero-order chi connectivity index (χ0) is 15.5. The van der Waals surface area contributed by atoms with Gasteiger partial charge in [0.25, 0.3) is 5.91 Å². The summed E-state index contributed by atoms with van der Waals surface area (Å²) < 4.78 is 23.7. The van der Waals surface area contributed by atoms with Crippen LogP contribution in [0.5, 0.6) is 0 Å². The number of carbonyl (C=O) groups excluding carboxylic acids is 1. The maximum atomic E-state index is 11.9. The third-order valence-electron chi connectivity index (χ3n) is 2.48. The Labute approximate surface area is 123 Å². The van der Waals surface area contributed by atoms with Gasteiger partial charge < -0.3 is 16.4 Å². The Bertz CT molecular complexity index is 591. The maximum absolute atomic E-state index is 11.9. The summed E-state index contributed by atoms with van der Waals surface area (Å²) in [4.78, 5) is 12.1. The van der Waals surface area contributed by atoms with Gasteiger partial charge in [0.15, 0.2) is 9.84 Å². The van der Waals surface area contributed by atoms with E-state index in [-0.39, 0.29) is 21.4 Å². The van der Waals surface area contributed by atoms with Crippen molar-refractivity contribution in [3.05, 3.63) is 4.88 Å². The Morgan fingerprint density at radius 2 is 2.00 bits per heavy atom. The van der Waals surface area contributed by atoms with E-state index in [1.54, 1.807) is 6.92 Å². The van der Waals surface area contributed by atoms with E-state index >= 15 is 0 Å². The lowest BCUT2D eigenvalue weighted by Crippen LogP contribution is -2.22. The number of hydrogen-bond donors (Lipinski definition) is 3. The number of nitrogen functional groups attached to an aromatic ring is 1. The smallest absolute Gasteiger partial charge is 0.263 e. The normalized spacial score (nSPS) is 11.7. The highest BCUT2D eigenvalue weighted by atomic mass is 32.2. The Balaban J connectivity index is 3.28. The summed E-state index contributed by atoms with van der Waals surface area (Å²) in [5, 5.41) is 6.12. The van der Waals surface area contributed by atoms with Gasteiger partial charge in [-0.05, 0) is 12.8 Å². The van der Waals surface area contributed by atoms with E-state index in [4.69, 9.17) is 5.73 Å². The number of nitrogens with two attached hydrogens (primary N) is 1. The van der Waals surface area contributed by atoms with Crippen molar-refractivity contribution in [2.24, 2.45) is 5.92 Å². The Hall–Kier alpha value is -1.28. The summed E-state index contributed by atoms with van der Waals surface area (Å²) in [7, 11) is -3.50. The molecule has 0 aliphatic heterocycles. The highest BCUT2D eigenvalue weighted by molar-refractivity contribution is 7.91. The molecule has 1 aromatic heterocycles. The molecule has 1 rings (SSSR count). The molecule has 0 aromatic carbocycles. The van der Waals surface area contributed by atoms with Crippen LogP contribution in [0.15, 0.2) is 4.90 Å². The molecular weight excluding hydrogens is 298 g/mol. The van der Waals surface area contributed by atoms with Crippen molar-refractivity contribution in [1.82, 2.24) is 5.32 Å². The second-order valence-electron chi connectivity index (χ2n) is 4.91. The van der Waals surface area contributed by atoms with Gasteiger partial charge in [0, 0.05) is 19.3 Å². The van der Waals surface area contributed by atoms with Gasteiger partial charge in [-0.25, -0.2) is 8.42 Å². The second kappa shape index (κ2) is 6.45. The molecule has 1 aromatic rings. The zero-order valence-electron chi connectivity index (χ0n) is 12.1. The first-order valence-electron chi connectivity index (χ1n) is 6.32. The van der Waals surface area contributed by atoms with Crippen molar-refractivity contribution in [3.63, 3.8) is 0 Å². The SMILES string of the molecule is CCNC(=O)c1sc(NCC(C)C)c(S(C)(=O)=O)c1N. The van der Waals surface area contributed by atoms with E-state index in [1.165, 1.54) is 0 Å². The molecule has 1 amide bonds. The van der Waals surface area contributed by atoms with Gasteiger partial charge in [-0.15, -0.1) is 11.3 Å². The van der Waals surface area contributed by atoms with Crippen LogP contribution in [0.4, 0.5) is 10.7 Å². The van der Waals surface area contributed by atoms with Crippen molar-refractivity contribution < 1.29 is 13.2 Å². The molecule has 4 N–H and O–H groups in total. The third-order valence-corrected chi connectivity index (χ3v) is 4.94. The Kier molecular flexibility index (Phi) is 5.41. The van der Waals surface area contributed by atoms with E-state index in [1.807, 2.05) is 13.8 Å². The van der Waals surface area contributed by atoms with Crippen LogP contribution in [0.3, 0.4) is 0 Å². The topological polar surface area (TPSA) is 101 Å². The highest BCUT2D eigenvalue weighted by Gasteiger charge is 2.26. The van der Waals surface area contributed by atoms with Crippen LogP contribution in [-0.4, -0.2) is 33.7 Å². The highest BCUT2D eigenvalue weighted by Crippen LogP contribution is 2.39. The van der Waals surface area contributed by atoms with Crippen LogP contribution in [0.2, 0.25) is 0 Å². The average molecular weight is 319 g/mol. The van der Waals surface area contributed by atoms with Gasteiger partial charge in [0.1, 0.15) is 14.8 Å². The number of anilines is 2. The van der Waals surface area contributed by atoms with Crippen LogP contribution in [-0.2, 0) is 9.84 Å². The number of thiophene rings is 1. The van der Waals surface area contributed by atoms with Crippen molar-refractivity contribution in [3.8, 4) is 0 Å². The van der Waals surface area contributed by atoms with E-state index in [2.05, 4.69) is 10.6 Å². The quantitative estimate of drug-likeness (QED) is 0.738. The van der Waals surface area contributed by atoms with Crippen molar-refractivity contribution in [2.45, 2.75) is 25.7 Å². The minimum Gasteiger partial charge on any atom is -0.396 e. The molecular formula is C12H21N3O3S2. The molecule has 0 aliphatic rings. The lowest BCUT2D eigenvalue weighted by molar-refractivity contribution is 0.0960. The first-order valence-corrected chi connectivity index (χ1v) is 9.03. The van der Waals surface area contributed by atoms with Crippen LogP contribution >= 0.6 is 11.3 Å². The van der Waals surface area contributed by atoms with Crippen LogP contribution in [0, 0.1) is 5.92 Å². The van der Waals surface area contributed by atoms with Gasteiger partial charge in [0.2, 0.25) is 0 Å². The van der Waals surface area contributed by atoms with Gasteiger partial charge in [-0.1, -0.05) is 13.8 Å². The molecule has 0 unspecified atom stereocenters. The first-order chi connectivity index (χ1) is 9.18. The molecule has 6 nitrogen and oxygen atoms in total. The van der Waals surface area contributed by atoms with Gasteiger partial charge in [-0.3, -0.25) is 4.79 Å². The molecule has 0 fully saturated rings. The number of rotatable bonds is 6. The van der Waals surface area contributed by atoms with Crippen molar-refractivity contribution in [2.75, 3.05) is 30.4 Å². The minimum absolute atomic E-state index is 0.0180. The predicted molar refractivity (Wildman–Crippen MR) is 83.2 cm³/mol.